The first-order valence-electron chi connectivity index (χ1n) is 7.35. The van der Waals surface area contributed by atoms with Gasteiger partial charge in [0.2, 0.25) is 0 Å². The van der Waals surface area contributed by atoms with Gasteiger partial charge in [-0.05, 0) is 34.9 Å². The van der Waals surface area contributed by atoms with Crippen molar-refractivity contribution >= 4 is 29.0 Å². The molecule has 0 heterocycles. The average molecular weight is 331 g/mol. The molecule has 0 saturated heterocycles. The summed E-state index contributed by atoms with van der Waals surface area (Å²) in [6.45, 7) is 3.24. The summed E-state index contributed by atoms with van der Waals surface area (Å²) >= 11 is 0. The Bertz CT molecular complexity index is 719. The molecule has 1 aliphatic carbocycles. The van der Waals surface area contributed by atoms with Gasteiger partial charge in [-0.3, -0.25) is 19.2 Å². The topological polar surface area (TPSA) is 107 Å². The largest absolute Gasteiger partial charge is 0.468 e. The molecule has 0 aromatic heterocycles. The van der Waals surface area contributed by atoms with Gasteiger partial charge in [-0.15, -0.1) is 4.91 Å². The van der Waals surface area contributed by atoms with Crippen LogP contribution in [0.4, 0.5) is 5.69 Å². The van der Waals surface area contributed by atoms with E-state index in [-0.39, 0.29) is 17.7 Å². The van der Waals surface area contributed by atoms with Gasteiger partial charge in [-0.2, -0.15) is 0 Å². The number of ether oxygens (including phenoxy) is 1. The van der Waals surface area contributed by atoms with E-state index in [4.69, 9.17) is 0 Å². The van der Waals surface area contributed by atoms with Gasteiger partial charge in [0.05, 0.1) is 7.11 Å². The molecule has 2 rings (SSSR count). The van der Waals surface area contributed by atoms with Gasteiger partial charge < -0.3 is 4.74 Å². The molecule has 1 aromatic carbocycles. The fourth-order valence-corrected chi connectivity index (χ4v) is 3.05. The summed E-state index contributed by atoms with van der Waals surface area (Å²) in [5, 5.41) is 2.72. The Hall–Kier alpha value is -2.70. The van der Waals surface area contributed by atoms with E-state index in [1.165, 1.54) is 24.3 Å². The van der Waals surface area contributed by atoms with Gasteiger partial charge in [0, 0.05) is 12.0 Å². The summed E-state index contributed by atoms with van der Waals surface area (Å²) in [6, 6.07) is 5.29. The average Bonchev–Trinajstić information content (AvgIpc) is 2.53. The highest BCUT2D eigenvalue weighted by Gasteiger charge is 2.54. The quantitative estimate of drug-likeness (QED) is 0.362. The predicted octanol–water partition coefficient (Wildman–Crippen LogP) is 2.24. The van der Waals surface area contributed by atoms with Crippen molar-refractivity contribution < 1.29 is 23.9 Å². The van der Waals surface area contributed by atoms with Crippen molar-refractivity contribution in [3.63, 3.8) is 0 Å². The number of hydrogen-bond donors (Lipinski definition) is 0. The molecular formula is C17H17NO6. The first kappa shape index (κ1) is 17.7. The van der Waals surface area contributed by atoms with E-state index in [9.17, 15) is 24.1 Å². The van der Waals surface area contributed by atoms with Crippen LogP contribution >= 0.6 is 0 Å². The maximum atomic E-state index is 12.7. The van der Waals surface area contributed by atoms with Crippen LogP contribution in [0, 0.1) is 22.2 Å². The molecule has 1 aromatic rings. The second-order valence-electron chi connectivity index (χ2n) is 6.43. The first-order chi connectivity index (χ1) is 11.2. The van der Waals surface area contributed by atoms with Crippen LogP contribution in [-0.2, 0) is 19.1 Å². The van der Waals surface area contributed by atoms with Gasteiger partial charge in [0.25, 0.3) is 0 Å². The molecule has 2 unspecified atom stereocenters. The smallest absolute Gasteiger partial charge is 0.316 e. The van der Waals surface area contributed by atoms with Gasteiger partial charge in [-0.1, -0.05) is 13.8 Å². The van der Waals surface area contributed by atoms with E-state index in [2.05, 4.69) is 9.91 Å². The van der Waals surface area contributed by atoms with E-state index in [1.807, 2.05) is 0 Å². The monoisotopic (exact) mass is 331 g/mol. The Kier molecular flexibility index (Phi) is 4.73. The SMILES string of the molecule is COC(=O)C1C(=O)C(C(=O)c2ccc(N=O)cc2)C(=O)CC1(C)C. The van der Waals surface area contributed by atoms with E-state index in [1.54, 1.807) is 13.8 Å². The minimum Gasteiger partial charge on any atom is -0.468 e. The number of rotatable bonds is 4. The van der Waals surface area contributed by atoms with Crippen molar-refractivity contribution in [3.05, 3.63) is 34.7 Å². The second kappa shape index (κ2) is 6.43. The van der Waals surface area contributed by atoms with E-state index >= 15 is 0 Å². The zero-order valence-corrected chi connectivity index (χ0v) is 13.6. The maximum Gasteiger partial charge on any atom is 0.316 e. The number of benzene rings is 1. The highest BCUT2D eigenvalue weighted by Crippen LogP contribution is 2.40. The summed E-state index contributed by atoms with van der Waals surface area (Å²) in [5.41, 5.74) is -0.678. The number of nitroso groups, excluding NO2 is 1. The normalized spacial score (nSPS) is 22.8. The lowest BCUT2D eigenvalue weighted by molar-refractivity contribution is -0.159. The highest BCUT2D eigenvalue weighted by molar-refractivity contribution is 6.28. The van der Waals surface area contributed by atoms with Crippen molar-refractivity contribution in [1.29, 1.82) is 0 Å². The number of carbonyl (C=O) groups is 4. The van der Waals surface area contributed by atoms with Crippen molar-refractivity contribution in [2.45, 2.75) is 20.3 Å². The molecular weight excluding hydrogens is 314 g/mol. The van der Waals surface area contributed by atoms with Crippen LogP contribution in [0.1, 0.15) is 30.6 Å². The second-order valence-corrected chi connectivity index (χ2v) is 6.43. The van der Waals surface area contributed by atoms with Crippen LogP contribution in [0.5, 0.6) is 0 Å². The number of nitrogens with zero attached hydrogens (tertiary/aromatic N) is 1. The van der Waals surface area contributed by atoms with Crippen LogP contribution in [0.25, 0.3) is 0 Å². The number of Topliss-reactive ketones (excluding diaryl/α,β-unsaturated/α-hetero) is 3. The van der Waals surface area contributed by atoms with Gasteiger partial charge in [-0.25, -0.2) is 0 Å². The van der Waals surface area contributed by atoms with Gasteiger partial charge in [0.1, 0.15) is 17.5 Å². The maximum absolute atomic E-state index is 12.7. The fraction of sp³-hybridized carbons (Fsp3) is 0.412. The molecule has 0 N–H and O–H groups in total. The van der Waals surface area contributed by atoms with Gasteiger partial charge in [0.15, 0.2) is 17.3 Å². The predicted molar refractivity (Wildman–Crippen MR) is 83.6 cm³/mol. The Morgan fingerprint density at radius 3 is 2.25 bits per heavy atom. The third-order valence-corrected chi connectivity index (χ3v) is 4.26. The lowest BCUT2D eigenvalue weighted by Gasteiger charge is -2.37. The Morgan fingerprint density at radius 1 is 1.17 bits per heavy atom. The summed E-state index contributed by atoms with van der Waals surface area (Å²) in [4.78, 5) is 60.0. The molecule has 7 nitrogen and oxygen atoms in total. The van der Waals surface area contributed by atoms with E-state index in [0.717, 1.165) is 7.11 Å². The minimum atomic E-state index is -1.53. The summed E-state index contributed by atoms with van der Waals surface area (Å²) < 4.78 is 4.67. The van der Waals surface area contributed by atoms with Crippen LogP contribution in [0.2, 0.25) is 0 Å². The lowest BCUT2D eigenvalue weighted by atomic mass is 9.63. The van der Waals surface area contributed by atoms with Crippen LogP contribution < -0.4 is 0 Å². The zero-order valence-electron chi connectivity index (χ0n) is 13.6. The molecule has 0 aliphatic heterocycles. The number of carbonyl (C=O) groups excluding carboxylic acids is 4. The van der Waals surface area contributed by atoms with Gasteiger partial charge >= 0.3 is 5.97 Å². The first-order valence-corrected chi connectivity index (χ1v) is 7.35. The molecule has 0 spiro atoms. The van der Waals surface area contributed by atoms with Crippen LogP contribution in [0.3, 0.4) is 0 Å². The summed E-state index contributed by atoms with van der Waals surface area (Å²) in [6.07, 6.45) is -0.0805. The number of hydrogen-bond acceptors (Lipinski definition) is 7. The molecule has 0 radical (unpaired) electrons. The van der Waals surface area contributed by atoms with Crippen molar-refractivity contribution in [2.24, 2.45) is 22.4 Å². The molecule has 0 amide bonds. The highest BCUT2D eigenvalue weighted by atomic mass is 16.5. The Balaban J connectivity index is 2.39. The lowest BCUT2D eigenvalue weighted by Crippen LogP contribution is -2.52. The number of ketones is 3. The molecule has 1 aliphatic rings. The molecule has 126 valence electrons. The zero-order chi connectivity index (χ0) is 18.1. The summed E-state index contributed by atoms with van der Waals surface area (Å²) in [5.74, 6) is -5.41. The number of esters is 1. The molecule has 1 fully saturated rings. The molecule has 2 atom stereocenters. The van der Waals surface area contributed by atoms with Crippen molar-refractivity contribution in [1.82, 2.24) is 0 Å². The summed E-state index contributed by atoms with van der Waals surface area (Å²) in [7, 11) is 1.16. The van der Waals surface area contributed by atoms with Crippen LogP contribution in [0.15, 0.2) is 29.4 Å². The third kappa shape index (κ3) is 3.02. The van der Waals surface area contributed by atoms with Crippen molar-refractivity contribution in [3.8, 4) is 0 Å². The number of methoxy groups -OCH3 is 1. The Morgan fingerprint density at radius 2 is 1.75 bits per heavy atom. The van der Waals surface area contributed by atoms with Crippen molar-refractivity contribution in [2.75, 3.05) is 7.11 Å². The standard InChI is InChI=1S/C17H17NO6/c1-17(2)8-11(19)12(15(21)13(17)16(22)24-3)14(20)9-4-6-10(18-23)7-5-9/h4-7,12-13H,8H2,1-3H3. The fourth-order valence-electron chi connectivity index (χ4n) is 3.05. The molecule has 7 heteroatoms. The van der Waals surface area contributed by atoms with Crippen LogP contribution in [-0.4, -0.2) is 30.4 Å². The molecule has 24 heavy (non-hydrogen) atoms. The van der Waals surface area contributed by atoms with E-state index < -0.39 is 40.6 Å². The van der Waals surface area contributed by atoms with E-state index in [0.29, 0.717) is 0 Å². The molecule has 0 bridgehead atoms. The molecule has 1 saturated carbocycles. The third-order valence-electron chi connectivity index (χ3n) is 4.26. The minimum absolute atomic E-state index is 0.0805. The Labute approximate surface area is 138 Å².